The van der Waals surface area contributed by atoms with Crippen molar-refractivity contribution < 1.29 is 14.7 Å². The summed E-state index contributed by atoms with van der Waals surface area (Å²) < 4.78 is 2.02. The van der Waals surface area contributed by atoms with Gasteiger partial charge in [-0.15, -0.1) is 0 Å². The molecule has 1 aromatic heterocycles. The number of aliphatic hydroxyl groups is 1. The summed E-state index contributed by atoms with van der Waals surface area (Å²) in [6.07, 6.45) is 6.90. The van der Waals surface area contributed by atoms with Crippen LogP contribution in [0.2, 0.25) is 0 Å². The normalized spacial score (nSPS) is 24.1. The fourth-order valence-electron chi connectivity index (χ4n) is 6.02. The highest BCUT2D eigenvalue weighted by Gasteiger charge is 2.39. The lowest BCUT2D eigenvalue weighted by atomic mass is 9.73. The highest BCUT2D eigenvalue weighted by atomic mass is 16.3. The van der Waals surface area contributed by atoms with Gasteiger partial charge in [-0.05, 0) is 24.8 Å². The number of aldehydes is 1. The average Bonchev–Trinajstić information content (AvgIpc) is 3.35. The molecule has 37 heavy (non-hydrogen) atoms. The molecule has 1 saturated heterocycles. The van der Waals surface area contributed by atoms with E-state index in [2.05, 4.69) is 22.4 Å². The van der Waals surface area contributed by atoms with Crippen LogP contribution in [-0.4, -0.2) is 63.0 Å². The second kappa shape index (κ2) is 11.4. The third-order valence-electron chi connectivity index (χ3n) is 8.04. The van der Waals surface area contributed by atoms with E-state index in [-0.39, 0.29) is 24.3 Å². The van der Waals surface area contributed by atoms with Gasteiger partial charge in [0, 0.05) is 50.1 Å². The lowest BCUT2D eigenvalue weighted by Gasteiger charge is -2.39. The van der Waals surface area contributed by atoms with Crippen LogP contribution in [0, 0.1) is 5.92 Å². The van der Waals surface area contributed by atoms with Gasteiger partial charge in [-0.3, -0.25) is 4.79 Å². The van der Waals surface area contributed by atoms with E-state index >= 15 is 0 Å². The largest absolute Gasteiger partial charge is 0.389 e. The number of benzene rings is 2. The van der Waals surface area contributed by atoms with E-state index in [1.165, 1.54) is 5.56 Å². The minimum absolute atomic E-state index is 0.0356. The van der Waals surface area contributed by atoms with Gasteiger partial charge in [0.1, 0.15) is 6.29 Å². The Kier molecular flexibility index (Phi) is 7.82. The van der Waals surface area contributed by atoms with Crippen LogP contribution in [0.15, 0.2) is 67.0 Å². The average molecular weight is 501 g/mol. The van der Waals surface area contributed by atoms with Crippen molar-refractivity contribution in [3.63, 3.8) is 0 Å². The van der Waals surface area contributed by atoms with E-state index in [4.69, 9.17) is 0 Å². The van der Waals surface area contributed by atoms with Crippen molar-refractivity contribution >= 4 is 12.2 Å². The molecule has 1 amide bonds. The highest BCUT2D eigenvalue weighted by Crippen LogP contribution is 2.38. The Bertz CT molecular complexity index is 1200. The molecule has 2 aliphatic rings. The zero-order valence-corrected chi connectivity index (χ0v) is 21.3. The Balaban J connectivity index is 1.47. The maximum atomic E-state index is 14.1. The summed E-state index contributed by atoms with van der Waals surface area (Å²) in [5, 5.41) is 14.7. The van der Waals surface area contributed by atoms with Gasteiger partial charge in [0.25, 0.3) is 5.91 Å². The molecular formula is C30H36N4O3. The molecule has 0 bridgehead atoms. The van der Waals surface area contributed by atoms with Crippen molar-refractivity contribution in [2.24, 2.45) is 5.92 Å². The number of carbonyl (C=O) groups is 2. The molecule has 1 unspecified atom stereocenters. The van der Waals surface area contributed by atoms with Crippen LogP contribution < -0.4 is 5.32 Å². The van der Waals surface area contributed by atoms with Gasteiger partial charge < -0.3 is 24.7 Å². The third kappa shape index (κ3) is 5.53. The summed E-state index contributed by atoms with van der Waals surface area (Å²) >= 11 is 0. The van der Waals surface area contributed by atoms with Crippen molar-refractivity contribution in [1.29, 1.82) is 0 Å². The first-order chi connectivity index (χ1) is 18.1. The summed E-state index contributed by atoms with van der Waals surface area (Å²) in [5.41, 5.74) is 2.34. The smallest absolute Gasteiger partial charge is 0.275 e. The first kappa shape index (κ1) is 25.4. The van der Waals surface area contributed by atoms with Gasteiger partial charge in [0.15, 0.2) is 5.69 Å². The van der Waals surface area contributed by atoms with Crippen LogP contribution in [0.25, 0.3) is 11.3 Å². The molecular weight excluding hydrogens is 464 g/mol. The Morgan fingerprint density at radius 3 is 2.62 bits per heavy atom. The second-order valence-corrected chi connectivity index (χ2v) is 10.4. The molecule has 2 aromatic carbocycles. The maximum absolute atomic E-state index is 14.1. The molecule has 1 saturated carbocycles. The number of rotatable bonds is 8. The van der Waals surface area contributed by atoms with E-state index in [1.807, 2.05) is 58.0 Å². The number of carbonyl (C=O) groups excluding carboxylic acids is 2. The molecule has 7 nitrogen and oxygen atoms in total. The number of amides is 1. The van der Waals surface area contributed by atoms with Gasteiger partial charge in [0.2, 0.25) is 0 Å². The number of hydrogen-bond acceptors (Lipinski definition) is 5. The SMILES string of the molecule is O=CCC1(O)CCCC[C@@H]1Cn1cnc(C(=O)N2CCNC[C@H]2Cc2ccccc2)c1-c1ccccc1. The number of nitrogens with one attached hydrogen (secondary N) is 1. The van der Waals surface area contributed by atoms with Crippen LogP contribution in [0.3, 0.4) is 0 Å². The summed E-state index contributed by atoms with van der Waals surface area (Å²) in [7, 11) is 0. The predicted molar refractivity (Wildman–Crippen MR) is 143 cm³/mol. The molecule has 0 radical (unpaired) electrons. The summed E-state index contributed by atoms with van der Waals surface area (Å²) in [5.74, 6) is -0.136. The zero-order chi connectivity index (χ0) is 25.7. The molecule has 3 atom stereocenters. The number of hydrogen-bond donors (Lipinski definition) is 2. The van der Waals surface area contributed by atoms with Crippen molar-refractivity contribution in [2.75, 3.05) is 19.6 Å². The minimum atomic E-state index is -1.01. The number of aromatic nitrogens is 2. The first-order valence-corrected chi connectivity index (χ1v) is 13.4. The topological polar surface area (TPSA) is 87.5 Å². The Morgan fingerprint density at radius 2 is 1.86 bits per heavy atom. The van der Waals surface area contributed by atoms with Crippen molar-refractivity contribution in [1.82, 2.24) is 19.8 Å². The summed E-state index contributed by atoms with van der Waals surface area (Å²) in [6, 6.07) is 20.2. The minimum Gasteiger partial charge on any atom is -0.389 e. The van der Waals surface area contributed by atoms with E-state index in [0.29, 0.717) is 25.2 Å². The Hall–Kier alpha value is -3.29. The standard InChI is InChI=1S/C30H36N4O3/c35-18-15-30(37)14-8-7-13-25(30)21-33-22-32-27(28(33)24-11-5-2-6-12-24)29(36)34-17-16-31-20-26(34)19-23-9-3-1-4-10-23/h1-6,9-12,18,22,25-26,31,37H,7-8,13-17,19-21H2/t25-,26-,30?/m1/s1. The second-order valence-electron chi connectivity index (χ2n) is 10.4. The summed E-state index contributed by atoms with van der Waals surface area (Å²) in [6.45, 7) is 2.63. The van der Waals surface area contributed by atoms with Gasteiger partial charge in [-0.25, -0.2) is 4.98 Å². The Labute approximate surface area is 218 Å². The van der Waals surface area contributed by atoms with Gasteiger partial charge in [-0.1, -0.05) is 73.5 Å². The maximum Gasteiger partial charge on any atom is 0.275 e. The quantitative estimate of drug-likeness (QED) is 0.461. The number of imidazole rings is 1. The summed E-state index contributed by atoms with van der Waals surface area (Å²) in [4.78, 5) is 32.0. The van der Waals surface area contributed by atoms with Crippen LogP contribution >= 0.6 is 0 Å². The molecule has 3 aromatic rings. The molecule has 2 N–H and O–H groups in total. The highest BCUT2D eigenvalue weighted by molar-refractivity contribution is 5.98. The van der Waals surface area contributed by atoms with E-state index in [9.17, 15) is 14.7 Å². The van der Waals surface area contributed by atoms with Crippen molar-refractivity contribution in [2.45, 2.75) is 56.7 Å². The molecule has 194 valence electrons. The zero-order valence-electron chi connectivity index (χ0n) is 21.3. The lowest BCUT2D eigenvalue weighted by Crippen LogP contribution is -2.54. The number of nitrogens with zero attached hydrogens (tertiary/aromatic N) is 3. The monoisotopic (exact) mass is 500 g/mol. The van der Waals surface area contributed by atoms with Crippen molar-refractivity contribution in [3.05, 3.63) is 78.2 Å². The molecule has 2 fully saturated rings. The molecule has 0 spiro atoms. The van der Waals surface area contributed by atoms with E-state index in [0.717, 1.165) is 56.3 Å². The first-order valence-electron chi connectivity index (χ1n) is 13.4. The van der Waals surface area contributed by atoms with Crippen LogP contribution in [0.5, 0.6) is 0 Å². The molecule has 7 heteroatoms. The number of piperazine rings is 1. The molecule has 5 rings (SSSR count). The molecule has 1 aliphatic carbocycles. The van der Waals surface area contributed by atoms with Gasteiger partial charge in [0.05, 0.1) is 17.6 Å². The predicted octanol–water partition coefficient (Wildman–Crippen LogP) is 3.72. The van der Waals surface area contributed by atoms with E-state index in [1.54, 1.807) is 6.33 Å². The lowest BCUT2D eigenvalue weighted by molar-refractivity contribution is -0.118. The van der Waals surface area contributed by atoms with Gasteiger partial charge in [-0.2, -0.15) is 0 Å². The van der Waals surface area contributed by atoms with E-state index < -0.39 is 5.60 Å². The van der Waals surface area contributed by atoms with Crippen LogP contribution in [-0.2, 0) is 17.8 Å². The third-order valence-corrected chi connectivity index (χ3v) is 8.04. The molecule has 2 heterocycles. The van der Waals surface area contributed by atoms with Crippen LogP contribution in [0.4, 0.5) is 0 Å². The Morgan fingerprint density at radius 1 is 1.11 bits per heavy atom. The van der Waals surface area contributed by atoms with Gasteiger partial charge >= 0.3 is 0 Å². The van der Waals surface area contributed by atoms with Crippen molar-refractivity contribution in [3.8, 4) is 11.3 Å². The molecule has 1 aliphatic heterocycles. The fraction of sp³-hybridized carbons (Fsp3) is 0.433. The fourth-order valence-corrected chi connectivity index (χ4v) is 6.02. The van der Waals surface area contributed by atoms with Crippen LogP contribution in [0.1, 0.15) is 48.2 Å².